The van der Waals surface area contributed by atoms with E-state index in [4.69, 9.17) is 0 Å². The van der Waals surface area contributed by atoms with Crippen LogP contribution in [0.3, 0.4) is 0 Å². The molecule has 0 fully saturated rings. The van der Waals surface area contributed by atoms with Crippen molar-refractivity contribution < 1.29 is 4.79 Å². The second kappa shape index (κ2) is 6.89. The summed E-state index contributed by atoms with van der Waals surface area (Å²) in [6, 6.07) is 2.17. The van der Waals surface area contributed by atoms with Gasteiger partial charge in [0.1, 0.15) is 5.78 Å². The van der Waals surface area contributed by atoms with E-state index in [0.717, 1.165) is 32.1 Å². The van der Waals surface area contributed by atoms with Gasteiger partial charge in [-0.1, -0.05) is 12.5 Å². The number of hydrogen-bond donors (Lipinski definition) is 0. The molecule has 2 rings (SSSR count). The Labute approximate surface area is 114 Å². The van der Waals surface area contributed by atoms with Crippen LogP contribution in [0.2, 0.25) is 0 Å². The van der Waals surface area contributed by atoms with Gasteiger partial charge in [-0.25, -0.2) is 0 Å². The fourth-order valence-electron chi connectivity index (χ4n) is 2.76. The molecule has 0 saturated carbocycles. The zero-order chi connectivity index (χ0) is 12.8. The summed E-state index contributed by atoms with van der Waals surface area (Å²) in [6.45, 7) is 3.72. The SMILES string of the molecule is C=CCCCCCC(=O)C1CCCc2sccc21. The number of aryl methyl sites for hydroxylation is 1. The second-order valence-electron chi connectivity index (χ2n) is 5.10. The predicted molar refractivity (Wildman–Crippen MR) is 78.3 cm³/mol. The van der Waals surface area contributed by atoms with Crippen LogP contribution < -0.4 is 0 Å². The van der Waals surface area contributed by atoms with Gasteiger partial charge in [0.2, 0.25) is 0 Å². The van der Waals surface area contributed by atoms with E-state index in [-0.39, 0.29) is 5.92 Å². The van der Waals surface area contributed by atoms with E-state index in [9.17, 15) is 4.79 Å². The molecule has 1 aliphatic carbocycles. The number of thiophene rings is 1. The summed E-state index contributed by atoms with van der Waals surface area (Å²) in [6.07, 6.45) is 10.6. The summed E-state index contributed by atoms with van der Waals surface area (Å²) in [7, 11) is 0. The third kappa shape index (κ3) is 3.32. The molecule has 2 heteroatoms. The van der Waals surface area contributed by atoms with Gasteiger partial charge in [0.25, 0.3) is 0 Å². The lowest BCUT2D eigenvalue weighted by Crippen LogP contribution is -2.16. The van der Waals surface area contributed by atoms with Crippen molar-refractivity contribution in [2.45, 2.75) is 57.3 Å². The maximum Gasteiger partial charge on any atom is 0.140 e. The highest BCUT2D eigenvalue weighted by molar-refractivity contribution is 7.10. The molecule has 0 aliphatic heterocycles. The van der Waals surface area contributed by atoms with Gasteiger partial charge in [0, 0.05) is 17.2 Å². The standard InChI is InChI=1S/C16H22OS/c1-2-3-4-5-6-9-15(17)13-8-7-10-16-14(13)11-12-18-16/h2,11-13H,1,3-10H2. The average Bonchev–Trinajstić information content (AvgIpc) is 2.86. The topological polar surface area (TPSA) is 17.1 Å². The molecule has 1 nitrogen and oxygen atoms in total. The van der Waals surface area contributed by atoms with E-state index in [1.165, 1.54) is 29.7 Å². The van der Waals surface area contributed by atoms with Crippen LogP contribution in [0.15, 0.2) is 24.1 Å². The lowest BCUT2D eigenvalue weighted by atomic mass is 9.83. The van der Waals surface area contributed by atoms with E-state index >= 15 is 0 Å². The highest BCUT2D eigenvalue weighted by Gasteiger charge is 2.26. The fraction of sp³-hybridized carbons (Fsp3) is 0.562. The first-order valence-electron chi connectivity index (χ1n) is 7.03. The summed E-state index contributed by atoms with van der Waals surface area (Å²) >= 11 is 1.82. The Balaban J connectivity index is 1.82. The number of fused-ring (bicyclic) bond motifs is 1. The van der Waals surface area contributed by atoms with Crippen molar-refractivity contribution in [1.29, 1.82) is 0 Å². The molecule has 0 bridgehead atoms. The number of Topliss-reactive ketones (excluding diaryl/α,β-unsaturated/α-hetero) is 1. The monoisotopic (exact) mass is 262 g/mol. The Bertz CT molecular complexity index is 405. The third-order valence-corrected chi connectivity index (χ3v) is 4.77. The van der Waals surface area contributed by atoms with Crippen LogP contribution in [-0.4, -0.2) is 5.78 Å². The number of carbonyl (C=O) groups excluding carboxylic acids is 1. The number of carbonyl (C=O) groups is 1. The molecule has 1 heterocycles. The predicted octanol–water partition coefficient (Wildman–Crippen LogP) is 4.87. The van der Waals surface area contributed by atoms with Gasteiger partial charge in [-0.2, -0.15) is 0 Å². The van der Waals surface area contributed by atoms with Crippen molar-refractivity contribution >= 4 is 17.1 Å². The molecule has 0 saturated heterocycles. The third-order valence-electron chi connectivity index (χ3n) is 3.77. The molecule has 1 unspecified atom stereocenters. The van der Waals surface area contributed by atoms with Gasteiger partial charge >= 0.3 is 0 Å². The molecule has 1 aliphatic rings. The number of unbranched alkanes of at least 4 members (excludes halogenated alkanes) is 3. The summed E-state index contributed by atoms with van der Waals surface area (Å²) in [5, 5.41) is 2.14. The van der Waals surface area contributed by atoms with Crippen molar-refractivity contribution in [3.8, 4) is 0 Å². The largest absolute Gasteiger partial charge is 0.299 e. The first-order valence-corrected chi connectivity index (χ1v) is 7.90. The Morgan fingerprint density at radius 1 is 1.44 bits per heavy atom. The number of allylic oxidation sites excluding steroid dienone is 1. The number of ketones is 1. The fourth-order valence-corrected chi connectivity index (χ4v) is 3.75. The average molecular weight is 262 g/mol. The van der Waals surface area contributed by atoms with Gasteiger partial charge in [-0.05, 0) is 55.5 Å². The van der Waals surface area contributed by atoms with E-state index in [2.05, 4.69) is 18.0 Å². The smallest absolute Gasteiger partial charge is 0.140 e. The second-order valence-corrected chi connectivity index (χ2v) is 6.10. The van der Waals surface area contributed by atoms with Crippen molar-refractivity contribution in [3.05, 3.63) is 34.5 Å². The minimum absolute atomic E-state index is 0.208. The van der Waals surface area contributed by atoms with Crippen LogP contribution in [0.5, 0.6) is 0 Å². The van der Waals surface area contributed by atoms with Crippen molar-refractivity contribution in [2.24, 2.45) is 0 Å². The lowest BCUT2D eigenvalue weighted by Gasteiger charge is -2.21. The van der Waals surface area contributed by atoms with Crippen molar-refractivity contribution in [3.63, 3.8) is 0 Å². The van der Waals surface area contributed by atoms with Crippen LogP contribution in [0.4, 0.5) is 0 Å². The minimum Gasteiger partial charge on any atom is -0.299 e. The normalized spacial score (nSPS) is 18.3. The lowest BCUT2D eigenvalue weighted by molar-refractivity contribution is -0.120. The minimum atomic E-state index is 0.208. The molecule has 0 N–H and O–H groups in total. The number of rotatable bonds is 7. The molecule has 1 aromatic rings. The van der Waals surface area contributed by atoms with Crippen molar-refractivity contribution in [2.75, 3.05) is 0 Å². The summed E-state index contributed by atoms with van der Waals surface area (Å²) in [5.74, 6) is 0.673. The maximum atomic E-state index is 12.3. The van der Waals surface area contributed by atoms with Gasteiger partial charge < -0.3 is 0 Å². The van der Waals surface area contributed by atoms with Crippen LogP contribution in [0.25, 0.3) is 0 Å². The van der Waals surface area contributed by atoms with Gasteiger partial charge in [0.05, 0.1) is 0 Å². The molecule has 1 aromatic heterocycles. The maximum absolute atomic E-state index is 12.3. The van der Waals surface area contributed by atoms with Crippen LogP contribution in [0.1, 0.15) is 61.3 Å². The highest BCUT2D eigenvalue weighted by Crippen LogP contribution is 2.36. The molecule has 98 valence electrons. The van der Waals surface area contributed by atoms with E-state index in [1.807, 2.05) is 17.4 Å². The summed E-state index contributed by atoms with van der Waals surface area (Å²) in [5.41, 5.74) is 1.34. The Kier molecular flexibility index (Phi) is 5.18. The number of hydrogen-bond acceptors (Lipinski definition) is 2. The highest BCUT2D eigenvalue weighted by atomic mass is 32.1. The quantitative estimate of drug-likeness (QED) is 0.506. The van der Waals surface area contributed by atoms with Gasteiger partial charge in [-0.15, -0.1) is 17.9 Å². The zero-order valence-electron chi connectivity index (χ0n) is 11.0. The summed E-state index contributed by atoms with van der Waals surface area (Å²) < 4.78 is 0. The Morgan fingerprint density at radius 3 is 3.17 bits per heavy atom. The molecule has 0 amide bonds. The Morgan fingerprint density at radius 2 is 2.33 bits per heavy atom. The molecule has 0 spiro atoms. The zero-order valence-corrected chi connectivity index (χ0v) is 11.8. The first-order chi connectivity index (χ1) is 8.83. The van der Waals surface area contributed by atoms with Crippen molar-refractivity contribution in [1.82, 2.24) is 0 Å². The van der Waals surface area contributed by atoms with Crippen LogP contribution in [0, 0.1) is 0 Å². The van der Waals surface area contributed by atoms with E-state index in [0.29, 0.717) is 5.78 Å². The Hall–Kier alpha value is -0.890. The van der Waals surface area contributed by atoms with Crippen LogP contribution in [-0.2, 0) is 11.2 Å². The first kappa shape index (κ1) is 13.5. The molecule has 0 radical (unpaired) electrons. The molecule has 0 aromatic carbocycles. The van der Waals surface area contributed by atoms with Gasteiger partial charge in [-0.3, -0.25) is 4.79 Å². The molecule has 1 atom stereocenters. The van der Waals surface area contributed by atoms with Crippen LogP contribution >= 0.6 is 11.3 Å². The summed E-state index contributed by atoms with van der Waals surface area (Å²) in [4.78, 5) is 13.7. The van der Waals surface area contributed by atoms with E-state index < -0.39 is 0 Å². The van der Waals surface area contributed by atoms with E-state index in [1.54, 1.807) is 0 Å². The van der Waals surface area contributed by atoms with Gasteiger partial charge in [0.15, 0.2) is 0 Å². The molecule has 18 heavy (non-hydrogen) atoms. The molecular weight excluding hydrogens is 240 g/mol. The molecular formula is C16H22OS.